The first kappa shape index (κ1) is 36.0. The molecule has 1 unspecified atom stereocenters. The lowest BCUT2D eigenvalue weighted by atomic mass is 9.98. The standard InChI is InChI=1S/C33H44N4O6S2/c1-5-34-33(42)30(39)27(20-22-14-16-23(43-4)17-15-22)36-32(41)29(21(2)3)37-31(40)25-11-7-8-12-26(25)35-28(38)13-9-6-10-24-18-19-44-45-24/h7-8,11-12,14-17,21,24,27,29H,5-6,9-10,13,18-20H2,1-4H3,(H,34,42)(H,35,38)(H,36,41)(H,37,40)/t24?,27-,29-/m0/s1. The molecule has 0 aliphatic carbocycles. The zero-order valence-electron chi connectivity index (χ0n) is 26.4. The van der Waals surface area contributed by atoms with Crippen LogP contribution in [0.4, 0.5) is 5.69 Å². The van der Waals surface area contributed by atoms with Gasteiger partial charge in [-0.3, -0.25) is 24.0 Å². The highest BCUT2D eigenvalue weighted by atomic mass is 33.1. The van der Waals surface area contributed by atoms with E-state index in [0.717, 1.165) is 19.3 Å². The second kappa shape index (κ2) is 18.5. The van der Waals surface area contributed by atoms with Gasteiger partial charge in [0.2, 0.25) is 17.6 Å². The van der Waals surface area contributed by atoms with Crippen molar-refractivity contribution in [3.05, 3.63) is 59.7 Å². The minimum Gasteiger partial charge on any atom is -0.497 e. The van der Waals surface area contributed by atoms with Crippen molar-refractivity contribution in [2.75, 3.05) is 24.7 Å². The quantitative estimate of drug-likeness (QED) is 0.111. The summed E-state index contributed by atoms with van der Waals surface area (Å²) < 4.78 is 5.19. The Morgan fingerprint density at radius 1 is 0.978 bits per heavy atom. The molecule has 3 atom stereocenters. The SMILES string of the molecule is CCNC(=O)C(=O)[C@H](Cc1ccc(OC)cc1)NC(=O)[C@@H](NC(=O)c1ccccc1NC(=O)CCCCC1CCSS1)C(C)C. The lowest BCUT2D eigenvalue weighted by Gasteiger charge is -2.25. The summed E-state index contributed by atoms with van der Waals surface area (Å²) in [5.74, 6) is -1.45. The van der Waals surface area contributed by atoms with Gasteiger partial charge in [-0.25, -0.2) is 0 Å². The van der Waals surface area contributed by atoms with E-state index in [1.165, 1.54) is 12.2 Å². The molecule has 2 aromatic rings. The maximum absolute atomic E-state index is 13.5. The number of benzene rings is 2. The number of Topliss-reactive ketones (excluding diaryl/α,β-unsaturated/α-hetero) is 1. The van der Waals surface area contributed by atoms with Crippen LogP contribution >= 0.6 is 21.6 Å². The van der Waals surface area contributed by atoms with Crippen molar-refractivity contribution in [2.45, 2.75) is 76.6 Å². The molecule has 12 heteroatoms. The average molecular weight is 657 g/mol. The molecule has 0 bridgehead atoms. The number of carbonyl (C=O) groups is 5. The second-order valence-electron chi connectivity index (χ2n) is 11.2. The molecule has 244 valence electrons. The highest BCUT2D eigenvalue weighted by molar-refractivity contribution is 8.77. The molecule has 0 saturated carbocycles. The average Bonchev–Trinajstić information content (AvgIpc) is 3.55. The third kappa shape index (κ3) is 11.4. The van der Waals surface area contributed by atoms with Gasteiger partial charge in [-0.2, -0.15) is 0 Å². The Morgan fingerprint density at radius 2 is 1.71 bits per heavy atom. The Hall–Kier alpha value is -3.51. The maximum Gasteiger partial charge on any atom is 0.289 e. The van der Waals surface area contributed by atoms with Gasteiger partial charge in [-0.15, -0.1) is 0 Å². The molecule has 45 heavy (non-hydrogen) atoms. The van der Waals surface area contributed by atoms with Crippen molar-refractivity contribution in [1.29, 1.82) is 0 Å². The number of likely N-dealkylation sites (N-methyl/N-ethyl adjacent to an activating group) is 1. The van der Waals surface area contributed by atoms with Gasteiger partial charge in [-0.05, 0) is 61.9 Å². The molecule has 1 heterocycles. The number of ketones is 1. The second-order valence-corrected chi connectivity index (χ2v) is 14.0. The first-order chi connectivity index (χ1) is 21.6. The summed E-state index contributed by atoms with van der Waals surface area (Å²) in [7, 11) is 5.38. The minimum atomic E-state index is -1.16. The van der Waals surface area contributed by atoms with Crippen LogP contribution in [0.15, 0.2) is 48.5 Å². The number of anilines is 1. The molecule has 4 amide bonds. The van der Waals surface area contributed by atoms with Crippen LogP contribution < -0.4 is 26.0 Å². The summed E-state index contributed by atoms with van der Waals surface area (Å²) >= 11 is 0. The predicted octanol–water partition coefficient (Wildman–Crippen LogP) is 4.53. The third-order valence-electron chi connectivity index (χ3n) is 7.38. The first-order valence-electron chi connectivity index (χ1n) is 15.4. The molecular weight excluding hydrogens is 613 g/mol. The van der Waals surface area contributed by atoms with E-state index in [-0.39, 0.29) is 30.4 Å². The van der Waals surface area contributed by atoms with Crippen molar-refractivity contribution < 1.29 is 28.7 Å². The smallest absolute Gasteiger partial charge is 0.289 e. The maximum atomic E-state index is 13.5. The molecule has 0 aromatic heterocycles. The van der Waals surface area contributed by atoms with Gasteiger partial charge in [0, 0.05) is 30.4 Å². The predicted molar refractivity (Wildman–Crippen MR) is 180 cm³/mol. The normalized spacial score (nSPS) is 15.5. The zero-order valence-corrected chi connectivity index (χ0v) is 28.0. The number of hydrogen-bond donors (Lipinski definition) is 4. The van der Waals surface area contributed by atoms with Crippen molar-refractivity contribution in [3.63, 3.8) is 0 Å². The van der Waals surface area contributed by atoms with Crippen molar-refractivity contribution in [3.8, 4) is 5.75 Å². The highest BCUT2D eigenvalue weighted by Gasteiger charge is 2.32. The van der Waals surface area contributed by atoms with Gasteiger partial charge in [0.05, 0.1) is 18.4 Å². The van der Waals surface area contributed by atoms with Crippen LogP contribution in [-0.4, -0.2) is 66.2 Å². The van der Waals surface area contributed by atoms with Gasteiger partial charge in [-0.1, -0.05) is 66.1 Å². The largest absolute Gasteiger partial charge is 0.497 e. The van der Waals surface area contributed by atoms with Crippen molar-refractivity contribution >= 4 is 56.7 Å². The summed E-state index contributed by atoms with van der Waals surface area (Å²) in [6, 6.07) is 11.4. The summed E-state index contributed by atoms with van der Waals surface area (Å²) in [6.07, 6.45) is 4.47. The van der Waals surface area contributed by atoms with Crippen molar-refractivity contribution in [2.24, 2.45) is 5.92 Å². The molecule has 4 N–H and O–H groups in total. The highest BCUT2D eigenvalue weighted by Crippen LogP contribution is 2.39. The van der Waals surface area contributed by atoms with Gasteiger partial charge in [0.1, 0.15) is 17.8 Å². The fraction of sp³-hybridized carbons (Fsp3) is 0.485. The van der Waals surface area contributed by atoms with E-state index in [1.807, 2.05) is 21.6 Å². The number of methoxy groups -OCH3 is 1. The number of ether oxygens (including phenoxy) is 1. The molecule has 1 saturated heterocycles. The summed E-state index contributed by atoms with van der Waals surface area (Å²) in [6.45, 7) is 5.49. The van der Waals surface area contributed by atoms with Crippen LogP contribution in [0.25, 0.3) is 0 Å². The molecule has 1 fully saturated rings. The lowest BCUT2D eigenvalue weighted by molar-refractivity contribution is -0.140. The monoisotopic (exact) mass is 656 g/mol. The number of carbonyl (C=O) groups excluding carboxylic acids is 5. The molecule has 1 aliphatic heterocycles. The topological polar surface area (TPSA) is 143 Å². The van der Waals surface area contributed by atoms with E-state index < -0.39 is 35.6 Å². The fourth-order valence-electron chi connectivity index (χ4n) is 4.85. The Morgan fingerprint density at radius 3 is 2.36 bits per heavy atom. The number of unbranched alkanes of at least 4 members (excludes halogenated alkanes) is 1. The molecule has 10 nitrogen and oxygen atoms in total. The minimum absolute atomic E-state index is 0.0672. The number of nitrogens with one attached hydrogen (secondary N) is 4. The molecule has 0 spiro atoms. The summed E-state index contributed by atoms with van der Waals surface area (Å²) in [5.41, 5.74) is 1.29. The van der Waals surface area contributed by atoms with Crippen LogP contribution in [0, 0.1) is 5.92 Å². The lowest BCUT2D eigenvalue weighted by Crippen LogP contribution is -2.56. The Kier molecular flexibility index (Phi) is 14.8. The van der Waals surface area contributed by atoms with Crippen LogP contribution in [0.3, 0.4) is 0 Å². The zero-order chi connectivity index (χ0) is 32.8. The van der Waals surface area contributed by atoms with Gasteiger partial charge in [0.15, 0.2) is 0 Å². The number of rotatable bonds is 17. The van der Waals surface area contributed by atoms with E-state index in [4.69, 9.17) is 4.74 Å². The molecule has 1 aliphatic rings. The summed E-state index contributed by atoms with van der Waals surface area (Å²) in [5, 5.41) is 11.5. The number of amides is 4. The van der Waals surface area contributed by atoms with Gasteiger partial charge in [0.25, 0.3) is 11.8 Å². The van der Waals surface area contributed by atoms with Crippen molar-refractivity contribution in [1.82, 2.24) is 16.0 Å². The Balaban J connectivity index is 1.67. The third-order valence-corrected chi connectivity index (χ3v) is 10.4. The van der Waals surface area contributed by atoms with Crippen LogP contribution in [0.2, 0.25) is 0 Å². The fourth-order valence-corrected chi connectivity index (χ4v) is 7.88. The number of para-hydroxylation sites is 1. The van der Waals surface area contributed by atoms with E-state index in [9.17, 15) is 24.0 Å². The summed E-state index contributed by atoms with van der Waals surface area (Å²) in [4.78, 5) is 65.2. The Labute approximate surface area is 273 Å². The first-order valence-corrected chi connectivity index (χ1v) is 17.7. The van der Waals surface area contributed by atoms with E-state index in [0.29, 0.717) is 28.7 Å². The van der Waals surface area contributed by atoms with Gasteiger partial charge < -0.3 is 26.0 Å². The Bertz CT molecular complexity index is 1310. The van der Waals surface area contributed by atoms with E-state index in [2.05, 4.69) is 21.3 Å². The molecule has 2 aromatic carbocycles. The number of hydrogen-bond acceptors (Lipinski definition) is 8. The van der Waals surface area contributed by atoms with E-state index in [1.54, 1.807) is 76.4 Å². The molecule has 0 radical (unpaired) electrons. The molecule has 3 rings (SSSR count). The van der Waals surface area contributed by atoms with Crippen LogP contribution in [-0.2, 0) is 25.6 Å². The van der Waals surface area contributed by atoms with Gasteiger partial charge >= 0.3 is 0 Å². The van der Waals surface area contributed by atoms with E-state index >= 15 is 0 Å². The van der Waals surface area contributed by atoms with Crippen LogP contribution in [0.1, 0.15) is 68.8 Å². The van der Waals surface area contributed by atoms with Crippen LogP contribution in [0.5, 0.6) is 5.75 Å². The molecular formula is C33H44N4O6S2.